The smallest absolute Gasteiger partial charge is 0.272 e. The molecule has 1 aliphatic heterocycles. The highest BCUT2D eigenvalue weighted by atomic mass is 19.1. The van der Waals surface area contributed by atoms with Gasteiger partial charge in [0.05, 0.1) is 6.61 Å². The number of amides is 1. The molecule has 1 amide bonds. The molecule has 0 spiro atoms. The van der Waals surface area contributed by atoms with Crippen molar-refractivity contribution < 1.29 is 13.9 Å². The molecule has 1 N–H and O–H groups in total. The summed E-state index contributed by atoms with van der Waals surface area (Å²) in [6.45, 7) is 2.93. The van der Waals surface area contributed by atoms with Gasteiger partial charge in [-0.15, -0.1) is 0 Å². The van der Waals surface area contributed by atoms with Crippen molar-refractivity contribution in [1.82, 2.24) is 20.0 Å². The SMILES string of the molecule is CNCCCOc1ccc(CN2CCCn3nccc3C2=O)c(F)c1. The summed E-state index contributed by atoms with van der Waals surface area (Å²) in [5, 5.41) is 7.19. The molecule has 0 saturated carbocycles. The van der Waals surface area contributed by atoms with Gasteiger partial charge >= 0.3 is 0 Å². The fourth-order valence-electron chi connectivity index (χ4n) is 2.91. The molecule has 0 fully saturated rings. The van der Waals surface area contributed by atoms with Gasteiger partial charge in [0.2, 0.25) is 0 Å². The molecule has 1 aliphatic rings. The number of ether oxygens (including phenoxy) is 1. The van der Waals surface area contributed by atoms with E-state index in [1.807, 2.05) is 7.05 Å². The number of nitrogens with one attached hydrogen (secondary N) is 1. The molecule has 1 aromatic carbocycles. The number of nitrogens with zero attached hydrogens (tertiary/aromatic N) is 3. The monoisotopic (exact) mass is 346 g/mol. The van der Waals surface area contributed by atoms with Crippen LogP contribution in [0.25, 0.3) is 0 Å². The highest BCUT2D eigenvalue weighted by Gasteiger charge is 2.23. The Labute approximate surface area is 146 Å². The number of benzene rings is 1. The standard InChI is InChI=1S/C18H23FN4O2/c1-20-7-2-11-25-15-5-4-14(16(19)12-15)13-22-9-3-10-23-17(18(22)24)6-8-21-23/h4-6,8,12,20H,2-3,7,9-11,13H2,1H3. The Bertz CT molecular complexity index is 732. The zero-order valence-electron chi connectivity index (χ0n) is 14.4. The number of fused-ring (bicyclic) bond motifs is 1. The van der Waals surface area contributed by atoms with Crippen molar-refractivity contribution in [2.24, 2.45) is 0 Å². The fraction of sp³-hybridized carbons (Fsp3) is 0.444. The van der Waals surface area contributed by atoms with E-state index in [9.17, 15) is 9.18 Å². The maximum Gasteiger partial charge on any atom is 0.272 e. The summed E-state index contributed by atoms with van der Waals surface area (Å²) in [5.41, 5.74) is 1.05. The minimum atomic E-state index is -0.350. The molecule has 2 aromatic rings. The second-order valence-electron chi connectivity index (χ2n) is 6.08. The summed E-state index contributed by atoms with van der Waals surface area (Å²) in [4.78, 5) is 14.3. The van der Waals surface area contributed by atoms with Gasteiger partial charge < -0.3 is 15.0 Å². The number of carbonyl (C=O) groups excluding carboxylic acids is 1. The number of hydrogen-bond donors (Lipinski definition) is 1. The summed E-state index contributed by atoms with van der Waals surface area (Å²) in [5.74, 6) is 0.0519. The Kier molecular flexibility index (Phi) is 5.65. The minimum Gasteiger partial charge on any atom is -0.493 e. The van der Waals surface area contributed by atoms with E-state index in [1.54, 1.807) is 34.0 Å². The molecule has 0 saturated heterocycles. The van der Waals surface area contributed by atoms with Crippen molar-refractivity contribution in [2.45, 2.75) is 25.9 Å². The number of carbonyl (C=O) groups is 1. The second-order valence-corrected chi connectivity index (χ2v) is 6.08. The van der Waals surface area contributed by atoms with Gasteiger partial charge in [-0.1, -0.05) is 6.07 Å². The van der Waals surface area contributed by atoms with E-state index in [4.69, 9.17) is 4.74 Å². The average Bonchev–Trinajstić information content (AvgIpc) is 3.02. The lowest BCUT2D eigenvalue weighted by molar-refractivity contribution is 0.0744. The van der Waals surface area contributed by atoms with Crippen LogP contribution in [0, 0.1) is 5.82 Å². The van der Waals surface area contributed by atoms with Crippen LogP contribution in [-0.2, 0) is 13.1 Å². The summed E-state index contributed by atoms with van der Waals surface area (Å²) < 4.78 is 21.6. The first-order chi connectivity index (χ1) is 12.2. The van der Waals surface area contributed by atoms with Crippen LogP contribution in [-0.4, -0.2) is 47.3 Å². The van der Waals surface area contributed by atoms with Crippen molar-refractivity contribution >= 4 is 5.91 Å². The highest BCUT2D eigenvalue weighted by molar-refractivity contribution is 5.92. The molecule has 0 bridgehead atoms. The van der Waals surface area contributed by atoms with Gasteiger partial charge in [-0.05, 0) is 38.6 Å². The Morgan fingerprint density at radius 1 is 1.32 bits per heavy atom. The van der Waals surface area contributed by atoms with Gasteiger partial charge in [0.1, 0.15) is 17.3 Å². The summed E-state index contributed by atoms with van der Waals surface area (Å²) in [7, 11) is 1.88. The maximum atomic E-state index is 14.4. The quantitative estimate of drug-likeness (QED) is 0.780. The molecular weight excluding hydrogens is 323 g/mol. The van der Waals surface area contributed by atoms with Crippen molar-refractivity contribution in [3.05, 3.63) is 47.5 Å². The molecule has 0 unspecified atom stereocenters. The van der Waals surface area contributed by atoms with Gasteiger partial charge in [0, 0.05) is 37.5 Å². The summed E-state index contributed by atoms with van der Waals surface area (Å²) >= 11 is 0. The Balaban J connectivity index is 1.65. The van der Waals surface area contributed by atoms with Gasteiger partial charge in [-0.3, -0.25) is 9.48 Å². The molecule has 0 atom stereocenters. The number of aromatic nitrogens is 2. The van der Waals surface area contributed by atoms with Crippen molar-refractivity contribution in [3.8, 4) is 5.75 Å². The zero-order valence-corrected chi connectivity index (χ0v) is 14.4. The first kappa shape index (κ1) is 17.4. The van der Waals surface area contributed by atoms with Gasteiger partial charge in [0.15, 0.2) is 0 Å². The van der Waals surface area contributed by atoms with Crippen LogP contribution in [0.2, 0.25) is 0 Å². The third-order valence-corrected chi connectivity index (χ3v) is 4.25. The van der Waals surface area contributed by atoms with Gasteiger partial charge in [-0.25, -0.2) is 4.39 Å². The highest BCUT2D eigenvalue weighted by Crippen LogP contribution is 2.20. The maximum absolute atomic E-state index is 14.4. The average molecular weight is 346 g/mol. The van der Waals surface area contributed by atoms with Crippen LogP contribution in [0.3, 0.4) is 0 Å². The minimum absolute atomic E-state index is 0.109. The first-order valence-electron chi connectivity index (χ1n) is 8.56. The molecule has 1 aromatic heterocycles. The molecule has 0 radical (unpaired) electrons. The summed E-state index contributed by atoms with van der Waals surface area (Å²) in [6, 6.07) is 6.54. The van der Waals surface area contributed by atoms with Crippen LogP contribution < -0.4 is 10.1 Å². The van der Waals surface area contributed by atoms with Crippen LogP contribution in [0.4, 0.5) is 4.39 Å². The largest absolute Gasteiger partial charge is 0.493 e. The van der Waals surface area contributed by atoms with E-state index in [0.29, 0.717) is 36.7 Å². The zero-order chi connectivity index (χ0) is 17.6. The normalized spacial score (nSPS) is 14.3. The van der Waals surface area contributed by atoms with E-state index >= 15 is 0 Å². The van der Waals surface area contributed by atoms with Crippen LogP contribution in [0.1, 0.15) is 28.9 Å². The lowest BCUT2D eigenvalue weighted by Crippen LogP contribution is -2.31. The molecule has 134 valence electrons. The third-order valence-electron chi connectivity index (χ3n) is 4.25. The van der Waals surface area contributed by atoms with E-state index < -0.39 is 0 Å². The third kappa shape index (κ3) is 4.17. The predicted molar refractivity (Wildman–Crippen MR) is 92.0 cm³/mol. The first-order valence-corrected chi connectivity index (χ1v) is 8.56. The van der Waals surface area contributed by atoms with Gasteiger partial charge in [-0.2, -0.15) is 5.10 Å². The molecular formula is C18H23FN4O2. The number of aryl methyl sites for hydroxylation is 1. The lowest BCUT2D eigenvalue weighted by Gasteiger charge is -2.20. The molecule has 2 heterocycles. The van der Waals surface area contributed by atoms with Crippen LogP contribution in [0.5, 0.6) is 5.75 Å². The van der Waals surface area contributed by atoms with E-state index in [0.717, 1.165) is 19.4 Å². The van der Waals surface area contributed by atoms with E-state index in [2.05, 4.69) is 10.4 Å². The van der Waals surface area contributed by atoms with Crippen molar-refractivity contribution in [3.63, 3.8) is 0 Å². The van der Waals surface area contributed by atoms with Crippen molar-refractivity contribution in [1.29, 1.82) is 0 Å². The Hall–Kier alpha value is -2.41. The molecule has 6 nitrogen and oxygen atoms in total. The number of halogens is 1. The van der Waals surface area contributed by atoms with Crippen LogP contribution >= 0.6 is 0 Å². The molecule has 3 rings (SSSR count). The fourth-order valence-corrected chi connectivity index (χ4v) is 2.91. The Morgan fingerprint density at radius 3 is 3.00 bits per heavy atom. The Morgan fingerprint density at radius 2 is 2.20 bits per heavy atom. The number of hydrogen-bond acceptors (Lipinski definition) is 4. The molecule has 25 heavy (non-hydrogen) atoms. The van der Waals surface area contributed by atoms with Gasteiger partial charge in [0.25, 0.3) is 5.91 Å². The van der Waals surface area contributed by atoms with E-state index in [-0.39, 0.29) is 18.3 Å². The summed E-state index contributed by atoms with van der Waals surface area (Å²) in [6.07, 6.45) is 3.28. The molecule has 7 heteroatoms. The molecule has 0 aliphatic carbocycles. The van der Waals surface area contributed by atoms with Crippen molar-refractivity contribution in [2.75, 3.05) is 26.7 Å². The topological polar surface area (TPSA) is 59.4 Å². The van der Waals surface area contributed by atoms with Crippen LogP contribution in [0.15, 0.2) is 30.5 Å². The predicted octanol–water partition coefficient (Wildman–Crippen LogP) is 2.06. The lowest BCUT2D eigenvalue weighted by atomic mass is 10.1. The number of rotatable bonds is 7. The second kappa shape index (κ2) is 8.11. The van der Waals surface area contributed by atoms with E-state index in [1.165, 1.54) is 6.07 Å².